The van der Waals surface area contributed by atoms with Crippen LogP contribution in [0.3, 0.4) is 0 Å². The molecule has 0 aliphatic carbocycles. The Morgan fingerprint density at radius 3 is 1.51 bits per heavy atom. The van der Waals surface area contributed by atoms with E-state index < -0.39 is 82.6 Å². The van der Waals surface area contributed by atoms with Gasteiger partial charge in [0.25, 0.3) is 40.5 Å². The average Bonchev–Trinajstić information content (AvgIpc) is 2.89. The molecule has 0 aliphatic heterocycles. The summed E-state index contributed by atoms with van der Waals surface area (Å²) in [4.78, 5) is -3.09. The summed E-state index contributed by atoms with van der Waals surface area (Å²) in [5, 5.41) is 24.8. The Labute approximate surface area is 242 Å². The van der Waals surface area contributed by atoms with Crippen LogP contribution in [0.1, 0.15) is 0 Å². The van der Waals surface area contributed by atoms with Crippen molar-refractivity contribution in [3.8, 4) is 5.75 Å². The van der Waals surface area contributed by atoms with Crippen LogP contribution in [0.2, 0.25) is 0 Å². The van der Waals surface area contributed by atoms with E-state index in [4.69, 9.17) is 4.55 Å². The van der Waals surface area contributed by atoms with E-state index in [1.165, 1.54) is 18.2 Å². The van der Waals surface area contributed by atoms with E-state index in [0.717, 1.165) is 36.4 Å². The Hall–Kier alpha value is -4.22. The lowest BCUT2D eigenvalue weighted by Crippen LogP contribution is -2.01. The van der Waals surface area contributed by atoms with E-state index in [0.29, 0.717) is 12.1 Å². The molecule has 226 valence electrons. The van der Waals surface area contributed by atoms with Gasteiger partial charge in [0.15, 0.2) is 0 Å². The number of phenols is 1. The van der Waals surface area contributed by atoms with Gasteiger partial charge in [-0.2, -0.15) is 43.9 Å². The van der Waals surface area contributed by atoms with Crippen molar-refractivity contribution in [1.29, 1.82) is 0 Å². The minimum Gasteiger partial charge on any atom is -0.506 e. The van der Waals surface area contributed by atoms with E-state index in [2.05, 4.69) is 20.5 Å². The number of fused-ring (bicyclic) bond motifs is 1. The number of hydrogen-bond acceptors (Lipinski definition) is 13. The second kappa shape index (κ2) is 11.1. The Kier molecular flexibility index (Phi) is 8.20. The van der Waals surface area contributed by atoms with Crippen molar-refractivity contribution in [2.24, 2.45) is 20.5 Å². The molecule has 5 N–H and O–H groups in total. The van der Waals surface area contributed by atoms with Gasteiger partial charge >= 0.3 is 0 Å². The molecule has 0 radical (unpaired) electrons. The van der Waals surface area contributed by atoms with E-state index in [-0.39, 0.29) is 16.8 Å². The zero-order chi connectivity index (χ0) is 32.0. The summed E-state index contributed by atoms with van der Waals surface area (Å²) in [6, 6.07) is 10.8. The summed E-state index contributed by atoms with van der Waals surface area (Å²) in [7, 11) is -19.4. The van der Waals surface area contributed by atoms with Gasteiger partial charge in [-0.25, -0.2) is 0 Å². The number of nitrogens with zero attached hydrogens (tertiary/aromatic N) is 4. The number of benzene rings is 4. The molecule has 0 heterocycles. The first-order chi connectivity index (χ1) is 19.7. The van der Waals surface area contributed by atoms with Gasteiger partial charge in [-0.1, -0.05) is 6.07 Å². The predicted octanol–water partition coefficient (Wildman–Crippen LogP) is 4.36. The molecule has 0 unspecified atom stereocenters. The molecule has 4 aromatic rings. The SMILES string of the molecule is O=S(=O)(O)c1ccc(/N=N/c2ccc(/N=N/c3cc(S(=O)(=O)O)c(O)c4cc(S(=O)(=O)O)ccc34)c(S(=O)(=O)O)c2)cc1. The summed E-state index contributed by atoms with van der Waals surface area (Å²) in [6.45, 7) is 0. The number of hydrogen-bond donors (Lipinski definition) is 5. The van der Waals surface area contributed by atoms with Crippen molar-refractivity contribution in [1.82, 2.24) is 0 Å². The fourth-order valence-corrected chi connectivity index (χ4v) is 5.79. The van der Waals surface area contributed by atoms with Crippen LogP contribution >= 0.6 is 0 Å². The molecule has 17 nitrogen and oxygen atoms in total. The average molecular weight is 673 g/mol. The van der Waals surface area contributed by atoms with Crippen molar-refractivity contribution in [3.63, 3.8) is 0 Å². The number of phenolic OH excluding ortho intramolecular Hbond substituents is 1. The fraction of sp³-hybridized carbons (Fsp3) is 0. The van der Waals surface area contributed by atoms with E-state index in [9.17, 15) is 52.4 Å². The van der Waals surface area contributed by atoms with Gasteiger partial charge in [0, 0.05) is 10.8 Å². The molecule has 4 rings (SSSR count). The zero-order valence-corrected chi connectivity index (χ0v) is 24.0. The topological polar surface area (TPSA) is 287 Å². The molecule has 0 aliphatic rings. The van der Waals surface area contributed by atoms with Crippen LogP contribution in [-0.4, -0.2) is 57.0 Å². The molecule has 4 aromatic carbocycles. The maximum Gasteiger partial charge on any atom is 0.298 e. The lowest BCUT2D eigenvalue weighted by Gasteiger charge is -2.10. The fourth-order valence-electron chi connectivity index (χ4n) is 3.55. The predicted molar refractivity (Wildman–Crippen MR) is 146 cm³/mol. The van der Waals surface area contributed by atoms with Gasteiger partial charge in [-0.05, 0) is 60.7 Å². The van der Waals surface area contributed by atoms with Crippen LogP contribution in [0, 0.1) is 0 Å². The zero-order valence-electron chi connectivity index (χ0n) is 20.8. The van der Waals surface area contributed by atoms with Gasteiger partial charge in [0.1, 0.15) is 21.2 Å². The molecule has 0 fully saturated rings. The first kappa shape index (κ1) is 31.7. The Balaban J connectivity index is 1.80. The van der Waals surface area contributed by atoms with Gasteiger partial charge in [0.2, 0.25) is 0 Å². The van der Waals surface area contributed by atoms with Gasteiger partial charge in [-0.15, -0.1) is 10.2 Å². The largest absolute Gasteiger partial charge is 0.506 e. The Bertz CT molecular complexity index is 2290. The van der Waals surface area contributed by atoms with Crippen LogP contribution in [0.4, 0.5) is 22.7 Å². The molecule has 0 amide bonds. The first-order valence-electron chi connectivity index (χ1n) is 11.0. The van der Waals surface area contributed by atoms with Gasteiger partial charge in [-0.3, -0.25) is 18.2 Å². The molecule has 0 aromatic heterocycles. The van der Waals surface area contributed by atoms with E-state index in [1.54, 1.807) is 0 Å². The molecule has 0 saturated heterocycles. The minimum absolute atomic E-state index is 0.107. The van der Waals surface area contributed by atoms with Crippen LogP contribution in [-0.2, 0) is 40.5 Å². The molecule has 0 bridgehead atoms. The second-order valence-corrected chi connectivity index (χ2v) is 14.0. The standard InChI is InChI=1S/C22H16N4O13S4/c27-22-17-10-15(41(31,32)33)6-7-16(17)19(11-21(22)43(37,38)39)26-25-18-8-3-13(9-20(18)42(34,35)36)24-23-12-1-4-14(5-2-12)40(28,29)30/h1-11,27H,(H,28,29,30)(H,31,32,33)(H,34,35,36)(H,37,38,39)/b24-23+,26-25+. The third kappa shape index (κ3) is 7.23. The van der Waals surface area contributed by atoms with E-state index in [1.807, 2.05) is 0 Å². The molecule has 0 spiro atoms. The monoisotopic (exact) mass is 672 g/mol. The second-order valence-electron chi connectivity index (χ2n) is 8.40. The third-order valence-electron chi connectivity index (χ3n) is 5.50. The maximum atomic E-state index is 12.1. The smallest absolute Gasteiger partial charge is 0.298 e. The quantitative estimate of drug-likeness (QED) is 0.129. The highest BCUT2D eigenvalue weighted by atomic mass is 32.2. The highest BCUT2D eigenvalue weighted by Crippen LogP contribution is 2.40. The molecule has 0 atom stereocenters. The van der Waals surface area contributed by atoms with Crippen LogP contribution < -0.4 is 0 Å². The summed E-state index contributed by atoms with van der Waals surface area (Å²) in [6.07, 6.45) is 0. The minimum atomic E-state index is -5.12. The number of aromatic hydroxyl groups is 1. The molecular weight excluding hydrogens is 657 g/mol. The van der Waals surface area contributed by atoms with Gasteiger partial charge < -0.3 is 5.11 Å². The van der Waals surface area contributed by atoms with Crippen LogP contribution in [0.25, 0.3) is 10.8 Å². The molecule has 0 saturated carbocycles. The Morgan fingerprint density at radius 1 is 0.442 bits per heavy atom. The molecule has 21 heteroatoms. The summed E-state index contributed by atoms with van der Waals surface area (Å²) < 4.78 is 131. The first-order valence-corrected chi connectivity index (χ1v) is 16.8. The van der Waals surface area contributed by atoms with Crippen molar-refractivity contribution in [2.45, 2.75) is 19.6 Å². The highest BCUT2D eigenvalue weighted by molar-refractivity contribution is 7.86. The lowest BCUT2D eigenvalue weighted by atomic mass is 10.1. The Morgan fingerprint density at radius 2 is 0.953 bits per heavy atom. The third-order valence-corrected chi connectivity index (χ3v) is 8.97. The van der Waals surface area contributed by atoms with Gasteiger partial charge in [0.05, 0.1) is 26.9 Å². The normalized spacial score (nSPS) is 13.3. The summed E-state index contributed by atoms with van der Waals surface area (Å²) >= 11 is 0. The lowest BCUT2D eigenvalue weighted by molar-refractivity contribution is 0.448. The van der Waals surface area contributed by atoms with Crippen molar-refractivity contribution in [3.05, 3.63) is 66.7 Å². The summed E-state index contributed by atoms with van der Waals surface area (Å²) in [5.74, 6) is -1.08. The highest BCUT2D eigenvalue weighted by Gasteiger charge is 2.23. The maximum absolute atomic E-state index is 12.1. The number of azo groups is 2. The van der Waals surface area contributed by atoms with Crippen LogP contribution in [0.5, 0.6) is 5.75 Å². The number of rotatable bonds is 8. The molecule has 43 heavy (non-hydrogen) atoms. The van der Waals surface area contributed by atoms with Crippen molar-refractivity contribution in [2.75, 3.05) is 0 Å². The van der Waals surface area contributed by atoms with Crippen molar-refractivity contribution >= 4 is 74.0 Å². The van der Waals surface area contributed by atoms with Crippen molar-refractivity contribution < 1.29 is 57.0 Å². The molecular formula is C22H16N4O13S4. The summed E-state index contributed by atoms with van der Waals surface area (Å²) in [5.41, 5.74) is -0.939. The van der Waals surface area contributed by atoms with Crippen LogP contribution in [0.15, 0.2) is 107 Å². The van der Waals surface area contributed by atoms with E-state index >= 15 is 0 Å².